The van der Waals surface area contributed by atoms with Gasteiger partial charge < -0.3 is 4.90 Å². The topological polar surface area (TPSA) is 57.7 Å². The normalized spacial score (nSPS) is 11.2. The van der Waals surface area contributed by atoms with E-state index in [1.165, 1.54) is 4.31 Å². The number of aryl methyl sites for hydroxylation is 2. The number of carbonyl (C=O) groups is 1. The Morgan fingerprint density at radius 2 is 1.53 bits per heavy atom. The molecule has 0 aromatic heterocycles. The van der Waals surface area contributed by atoms with E-state index in [9.17, 15) is 13.2 Å². The van der Waals surface area contributed by atoms with Crippen molar-refractivity contribution in [3.05, 3.63) is 95.6 Å². The molecule has 0 unspecified atom stereocenters. The summed E-state index contributed by atoms with van der Waals surface area (Å²) in [5.74, 6) is -0.279. The van der Waals surface area contributed by atoms with Crippen LogP contribution in [0.1, 0.15) is 16.7 Å². The van der Waals surface area contributed by atoms with Gasteiger partial charge in [-0.25, -0.2) is 8.42 Å². The summed E-state index contributed by atoms with van der Waals surface area (Å²) in [6.07, 6.45) is 0. The number of carbonyl (C=O) groups excluding carboxylic acids is 1. The van der Waals surface area contributed by atoms with Gasteiger partial charge in [0, 0.05) is 13.6 Å². The summed E-state index contributed by atoms with van der Waals surface area (Å²) >= 11 is 0. The van der Waals surface area contributed by atoms with Gasteiger partial charge in [-0.2, -0.15) is 0 Å². The molecular formula is C24H26N2O3S. The average Bonchev–Trinajstić information content (AvgIpc) is 2.74. The fraction of sp³-hybridized carbons (Fsp3) is 0.208. The number of sulfonamides is 1. The minimum Gasteiger partial charge on any atom is -0.340 e. The van der Waals surface area contributed by atoms with E-state index in [-0.39, 0.29) is 17.3 Å². The molecule has 0 aliphatic carbocycles. The molecule has 0 atom stereocenters. The molecule has 3 aromatic rings. The van der Waals surface area contributed by atoms with Gasteiger partial charge in [0.25, 0.3) is 10.0 Å². The fourth-order valence-corrected chi connectivity index (χ4v) is 4.71. The minimum atomic E-state index is -3.90. The SMILES string of the molecule is Cc1cccc(S(=O)(=O)N(CC(=O)N(C)Cc2ccccc2C)c2ccccc2)c1. The number of para-hydroxylation sites is 1. The monoisotopic (exact) mass is 422 g/mol. The molecule has 1 amide bonds. The largest absolute Gasteiger partial charge is 0.340 e. The highest BCUT2D eigenvalue weighted by Gasteiger charge is 2.28. The minimum absolute atomic E-state index is 0.167. The molecule has 0 fully saturated rings. The van der Waals surface area contributed by atoms with Crippen LogP contribution in [0.5, 0.6) is 0 Å². The summed E-state index contributed by atoms with van der Waals surface area (Å²) < 4.78 is 28.0. The highest BCUT2D eigenvalue weighted by atomic mass is 32.2. The summed E-state index contributed by atoms with van der Waals surface area (Å²) in [7, 11) is -2.21. The van der Waals surface area contributed by atoms with E-state index in [0.717, 1.165) is 16.7 Å². The van der Waals surface area contributed by atoms with E-state index in [2.05, 4.69) is 0 Å². The second-order valence-electron chi connectivity index (χ2n) is 7.34. The van der Waals surface area contributed by atoms with Crippen LogP contribution in [0.2, 0.25) is 0 Å². The molecule has 3 rings (SSSR count). The van der Waals surface area contributed by atoms with E-state index in [4.69, 9.17) is 0 Å². The Bertz CT molecular complexity index is 1130. The van der Waals surface area contributed by atoms with E-state index < -0.39 is 10.0 Å². The first kappa shape index (κ1) is 21.6. The smallest absolute Gasteiger partial charge is 0.264 e. The lowest BCUT2D eigenvalue weighted by Crippen LogP contribution is -2.41. The van der Waals surface area contributed by atoms with E-state index in [0.29, 0.717) is 12.2 Å². The van der Waals surface area contributed by atoms with E-state index >= 15 is 0 Å². The number of amides is 1. The first-order chi connectivity index (χ1) is 14.3. The van der Waals surface area contributed by atoms with Gasteiger partial charge >= 0.3 is 0 Å². The molecule has 5 nitrogen and oxygen atoms in total. The summed E-state index contributed by atoms with van der Waals surface area (Å²) in [6.45, 7) is 3.97. The van der Waals surface area contributed by atoms with Crippen molar-refractivity contribution < 1.29 is 13.2 Å². The highest BCUT2D eigenvalue weighted by molar-refractivity contribution is 7.92. The third kappa shape index (κ3) is 4.89. The third-order valence-electron chi connectivity index (χ3n) is 5.00. The molecule has 0 saturated carbocycles. The molecule has 0 radical (unpaired) electrons. The maximum absolute atomic E-state index is 13.4. The molecule has 0 aliphatic heterocycles. The molecule has 0 bridgehead atoms. The van der Waals surface area contributed by atoms with Gasteiger partial charge in [-0.15, -0.1) is 0 Å². The number of anilines is 1. The lowest BCUT2D eigenvalue weighted by atomic mass is 10.1. The Kier molecular flexibility index (Phi) is 6.57. The molecule has 156 valence electrons. The first-order valence-corrected chi connectivity index (χ1v) is 11.2. The van der Waals surface area contributed by atoms with Gasteiger partial charge in [-0.05, 0) is 54.8 Å². The number of nitrogens with zero attached hydrogens (tertiary/aromatic N) is 2. The van der Waals surface area contributed by atoms with Gasteiger partial charge in [0.2, 0.25) is 5.91 Å². The van der Waals surface area contributed by atoms with E-state index in [1.807, 2.05) is 50.2 Å². The van der Waals surface area contributed by atoms with E-state index in [1.54, 1.807) is 54.4 Å². The van der Waals surface area contributed by atoms with Crippen molar-refractivity contribution in [2.45, 2.75) is 25.3 Å². The van der Waals surface area contributed by atoms with Crippen LogP contribution < -0.4 is 4.31 Å². The Hall–Kier alpha value is -3.12. The third-order valence-corrected chi connectivity index (χ3v) is 6.76. The quantitative estimate of drug-likeness (QED) is 0.575. The van der Waals surface area contributed by atoms with Crippen LogP contribution in [0.4, 0.5) is 5.69 Å². The van der Waals surface area contributed by atoms with Gasteiger partial charge in [0.15, 0.2) is 0 Å². The van der Waals surface area contributed by atoms with Crippen molar-refractivity contribution in [2.75, 3.05) is 17.9 Å². The van der Waals surface area contributed by atoms with Crippen molar-refractivity contribution in [1.82, 2.24) is 4.90 Å². The van der Waals surface area contributed by atoms with Crippen LogP contribution in [0.25, 0.3) is 0 Å². The molecule has 0 heterocycles. The number of benzene rings is 3. The van der Waals surface area contributed by atoms with Crippen LogP contribution in [-0.4, -0.2) is 32.8 Å². The molecule has 6 heteroatoms. The van der Waals surface area contributed by atoms with Gasteiger partial charge in [-0.3, -0.25) is 9.10 Å². The Morgan fingerprint density at radius 1 is 0.867 bits per heavy atom. The lowest BCUT2D eigenvalue weighted by molar-refractivity contribution is -0.128. The maximum atomic E-state index is 13.4. The van der Waals surface area contributed by atoms with Crippen molar-refractivity contribution in [3.8, 4) is 0 Å². The second kappa shape index (κ2) is 9.13. The van der Waals surface area contributed by atoms with Crippen LogP contribution in [-0.2, 0) is 21.4 Å². The predicted octanol–water partition coefficient (Wildman–Crippen LogP) is 4.16. The molecule has 0 saturated heterocycles. The molecular weight excluding hydrogens is 396 g/mol. The fourth-order valence-electron chi connectivity index (χ4n) is 3.19. The summed E-state index contributed by atoms with van der Waals surface area (Å²) in [4.78, 5) is 14.7. The zero-order valence-corrected chi connectivity index (χ0v) is 18.3. The first-order valence-electron chi connectivity index (χ1n) is 9.72. The van der Waals surface area contributed by atoms with Crippen LogP contribution in [0, 0.1) is 13.8 Å². The van der Waals surface area contributed by atoms with Gasteiger partial charge in [0.1, 0.15) is 6.54 Å². The number of hydrogen-bond acceptors (Lipinski definition) is 3. The molecule has 0 aliphatic rings. The molecule has 3 aromatic carbocycles. The predicted molar refractivity (Wildman–Crippen MR) is 120 cm³/mol. The highest BCUT2D eigenvalue weighted by Crippen LogP contribution is 2.24. The van der Waals surface area contributed by atoms with Gasteiger partial charge in [0.05, 0.1) is 10.6 Å². The molecule has 0 N–H and O–H groups in total. The standard InChI is InChI=1S/C24H26N2O3S/c1-19-10-9-15-23(16-19)30(28,29)26(22-13-5-4-6-14-22)18-24(27)25(3)17-21-12-8-7-11-20(21)2/h4-16H,17-18H2,1-3H3. The van der Waals surface area contributed by atoms with Crippen molar-refractivity contribution in [3.63, 3.8) is 0 Å². The van der Waals surface area contributed by atoms with Crippen LogP contribution >= 0.6 is 0 Å². The Labute approximate surface area is 178 Å². The van der Waals surface area contributed by atoms with Crippen molar-refractivity contribution in [1.29, 1.82) is 0 Å². The lowest BCUT2D eigenvalue weighted by Gasteiger charge is -2.27. The Morgan fingerprint density at radius 3 is 2.20 bits per heavy atom. The Balaban J connectivity index is 1.90. The summed E-state index contributed by atoms with van der Waals surface area (Å²) in [6, 6.07) is 23.3. The van der Waals surface area contributed by atoms with Crippen molar-refractivity contribution >= 4 is 21.6 Å². The zero-order chi connectivity index (χ0) is 21.7. The molecule has 30 heavy (non-hydrogen) atoms. The number of rotatable bonds is 7. The summed E-state index contributed by atoms with van der Waals surface area (Å²) in [5, 5.41) is 0. The van der Waals surface area contributed by atoms with Crippen LogP contribution in [0.3, 0.4) is 0 Å². The maximum Gasteiger partial charge on any atom is 0.264 e. The zero-order valence-electron chi connectivity index (χ0n) is 17.4. The molecule has 0 spiro atoms. The second-order valence-corrected chi connectivity index (χ2v) is 9.20. The average molecular weight is 423 g/mol. The van der Waals surface area contributed by atoms with Gasteiger partial charge in [-0.1, -0.05) is 54.6 Å². The van der Waals surface area contributed by atoms with Crippen LogP contribution in [0.15, 0.2) is 83.8 Å². The summed E-state index contributed by atoms with van der Waals surface area (Å²) in [5.41, 5.74) is 3.41. The van der Waals surface area contributed by atoms with Crippen molar-refractivity contribution in [2.24, 2.45) is 0 Å². The number of hydrogen-bond donors (Lipinski definition) is 0. The number of likely N-dealkylation sites (N-methyl/N-ethyl adjacent to an activating group) is 1.